The molecular weight excluding hydrogens is 308 g/mol. The zero-order valence-electron chi connectivity index (χ0n) is 13.0. The van der Waals surface area contributed by atoms with Crippen molar-refractivity contribution in [2.24, 2.45) is 0 Å². The number of hydrogen-bond acceptors (Lipinski definition) is 4. The van der Waals surface area contributed by atoms with E-state index in [9.17, 15) is 20.0 Å². The topological polar surface area (TPSA) is 92.5 Å². The quantitative estimate of drug-likeness (QED) is 0.464. The van der Waals surface area contributed by atoms with Crippen molar-refractivity contribution in [2.45, 2.75) is 12.5 Å². The van der Waals surface area contributed by atoms with Crippen LogP contribution < -0.4 is 5.32 Å². The van der Waals surface area contributed by atoms with E-state index < -0.39 is 11.0 Å². The zero-order valence-corrected chi connectivity index (χ0v) is 13.0. The number of nitrogens with one attached hydrogen (secondary N) is 1. The zero-order chi connectivity index (χ0) is 17.4. The fraction of sp³-hybridized carbons (Fsp3) is 0.167. The largest absolute Gasteiger partial charge is 0.391 e. The van der Waals surface area contributed by atoms with Crippen molar-refractivity contribution < 1.29 is 14.8 Å². The van der Waals surface area contributed by atoms with Crippen molar-refractivity contribution >= 4 is 17.7 Å². The Labute approximate surface area is 139 Å². The van der Waals surface area contributed by atoms with Crippen LogP contribution in [-0.4, -0.2) is 28.6 Å². The Morgan fingerprint density at radius 3 is 2.67 bits per heavy atom. The van der Waals surface area contributed by atoms with Gasteiger partial charge in [0.05, 0.1) is 11.0 Å². The van der Waals surface area contributed by atoms with Crippen LogP contribution in [0.2, 0.25) is 0 Å². The summed E-state index contributed by atoms with van der Waals surface area (Å²) in [5.74, 6) is -0.367. The molecule has 1 unspecified atom stereocenters. The summed E-state index contributed by atoms with van der Waals surface area (Å²) in [5.41, 5.74) is 1.52. The summed E-state index contributed by atoms with van der Waals surface area (Å²) in [5, 5.41) is 23.2. The van der Waals surface area contributed by atoms with Gasteiger partial charge in [0.2, 0.25) is 5.91 Å². The Kier molecular flexibility index (Phi) is 6.22. The fourth-order valence-electron chi connectivity index (χ4n) is 2.15. The van der Waals surface area contributed by atoms with Crippen molar-refractivity contribution in [1.82, 2.24) is 5.32 Å². The van der Waals surface area contributed by atoms with Gasteiger partial charge >= 0.3 is 0 Å². The van der Waals surface area contributed by atoms with E-state index in [1.165, 1.54) is 24.3 Å². The molecule has 0 radical (unpaired) electrons. The molecule has 2 N–H and O–H groups in total. The molecule has 2 aromatic carbocycles. The smallest absolute Gasteiger partial charge is 0.270 e. The van der Waals surface area contributed by atoms with E-state index in [1.807, 2.05) is 30.3 Å². The molecule has 2 rings (SSSR count). The number of nitro groups is 1. The van der Waals surface area contributed by atoms with Gasteiger partial charge in [-0.05, 0) is 17.2 Å². The van der Waals surface area contributed by atoms with E-state index in [2.05, 4.69) is 5.32 Å². The summed E-state index contributed by atoms with van der Waals surface area (Å²) in [7, 11) is 0. The van der Waals surface area contributed by atoms with Crippen LogP contribution in [0.1, 0.15) is 11.1 Å². The highest BCUT2D eigenvalue weighted by molar-refractivity contribution is 5.91. The number of nitrogens with zero attached hydrogens (tertiary/aromatic N) is 1. The fourth-order valence-corrected chi connectivity index (χ4v) is 2.15. The van der Waals surface area contributed by atoms with E-state index in [0.29, 0.717) is 12.0 Å². The van der Waals surface area contributed by atoms with Crippen LogP contribution >= 0.6 is 0 Å². The van der Waals surface area contributed by atoms with E-state index in [-0.39, 0.29) is 18.1 Å². The van der Waals surface area contributed by atoms with Crippen LogP contribution in [0.25, 0.3) is 6.08 Å². The first kappa shape index (κ1) is 17.4. The van der Waals surface area contributed by atoms with Gasteiger partial charge in [0.15, 0.2) is 0 Å². The summed E-state index contributed by atoms with van der Waals surface area (Å²) in [6.07, 6.45) is 2.55. The first-order valence-corrected chi connectivity index (χ1v) is 7.47. The van der Waals surface area contributed by atoms with Gasteiger partial charge in [-0.25, -0.2) is 0 Å². The van der Waals surface area contributed by atoms with Gasteiger partial charge < -0.3 is 10.4 Å². The summed E-state index contributed by atoms with van der Waals surface area (Å²) >= 11 is 0. The number of aliphatic hydroxyl groups excluding tert-OH is 1. The highest BCUT2D eigenvalue weighted by Crippen LogP contribution is 2.14. The molecule has 0 saturated carbocycles. The molecule has 0 heterocycles. The first-order chi connectivity index (χ1) is 11.5. The van der Waals surface area contributed by atoms with Crippen LogP contribution in [0, 0.1) is 10.1 Å². The van der Waals surface area contributed by atoms with Crippen LogP contribution in [0.15, 0.2) is 60.7 Å². The number of aliphatic hydroxyl groups is 1. The minimum atomic E-state index is -0.678. The van der Waals surface area contributed by atoms with E-state index >= 15 is 0 Å². The van der Waals surface area contributed by atoms with Crippen LogP contribution in [0.4, 0.5) is 5.69 Å². The predicted octanol–water partition coefficient (Wildman–Crippen LogP) is 2.33. The molecule has 1 amide bonds. The minimum absolute atomic E-state index is 0.0316. The highest BCUT2D eigenvalue weighted by atomic mass is 16.6. The number of benzene rings is 2. The van der Waals surface area contributed by atoms with Gasteiger partial charge in [-0.2, -0.15) is 0 Å². The number of carbonyl (C=O) groups is 1. The van der Waals surface area contributed by atoms with Gasteiger partial charge in [0.25, 0.3) is 5.69 Å². The van der Waals surface area contributed by atoms with Crippen molar-refractivity contribution in [3.05, 3.63) is 81.9 Å². The number of nitro benzene ring substituents is 1. The maximum absolute atomic E-state index is 11.7. The molecule has 1 atom stereocenters. The maximum atomic E-state index is 11.7. The summed E-state index contributed by atoms with van der Waals surface area (Å²) in [4.78, 5) is 22.0. The van der Waals surface area contributed by atoms with Gasteiger partial charge in [-0.1, -0.05) is 42.5 Å². The molecule has 0 aliphatic rings. The molecule has 6 nitrogen and oxygen atoms in total. The molecule has 0 spiro atoms. The van der Waals surface area contributed by atoms with E-state index in [0.717, 1.165) is 5.56 Å². The molecule has 6 heteroatoms. The number of carbonyl (C=O) groups excluding carboxylic acids is 1. The molecule has 2 aromatic rings. The average Bonchev–Trinajstić information content (AvgIpc) is 2.59. The van der Waals surface area contributed by atoms with Crippen LogP contribution in [0.5, 0.6) is 0 Å². The Morgan fingerprint density at radius 1 is 1.21 bits per heavy atom. The Bertz CT molecular complexity index is 729. The lowest BCUT2D eigenvalue weighted by Crippen LogP contribution is -2.32. The molecule has 0 aliphatic heterocycles. The van der Waals surface area contributed by atoms with E-state index in [4.69, 9.17) is 0 Å². The van der Waals surface area contributed by atoms with Gasteiger partial charge in [0.1, 0.15) is 0 Å². The monoisotopic (exact) mass is 326 g/mol. The normalized spacial score (nSPS) is 12.0. The molecule has 124 valence electrons. The molecule has 24 heavy (non-hydrogen) atoms. The Balaban J connectivity index is 1.82. The lowest BCUT2D eigenvalue weighted by Gasteiger charge is -2.10. The Morgan fingerprint density at radius 2 is 1.96 bits per heavy atom. The SMILES string of the molecule is O=C(/C=C/c1cccc([N+](=O)[O-])c1)NCC(O)Cc1ccccc1. The van der Waals surface area contributed by atoms with Crippen LogP contribution in [0.3, 0.4) is 0 Å². The molecule has 0 bridgehead atoms. The van der Waals surface area contributed by atoms with Crippen molar-refractivity contribution in [2.75, 3.05) is 6.54 Å². The second-order valence-electron chi connectivity index (χ2n) is 5.27. The third-order valence-corrected chi connectivity index (χ3v) is 3.33. The number of hydrogen-bond donors (Lipinski definition) is 2. The summed E-state index contributed by atoms with van der Waals surface area (Å²) < 4.78 is 0. The van der Waals surface area contributed by atoms with Gasteiger partial charge in [0, 0.05) is 31.2 Å². The Hall–Kier alpha value is -2.99. The van der Waals surface area contributed by atoms with Crippen LogP contribution in [-0.2, 0) is 11.2 Å². The standard InChI is InChI=1S/C18H18N2O4/c21-17(12-14-5-2-1-3-6-14)13-19-18(22)10-9-15-7-4-8-16(11-15)20(23)24/h1-11,17,21H,12-13H2,(H,19,22)/b10-9+. The lowest BCUT2D eigenvalue weighted by atomic mass is 10.1. The molecule has 0 saturated heterocycles. The third-order valence-electron chi connectivity index (χ3n) is 3.33. The summed E-state index contributed by atoms with van der Waals surface area (Å²) in [6, 6.07) is 15.5. The van der Waals surface area contributed by atoms with Crippen molar-refractivity contribution in [1.29, 1.82) is 0 Å². The number of non-ortho nitro benzene ring substituents is 1. The van der Waals surface area contributed by atoms with Gasteiger partial charge in [-0.3, -0.25) is 14.9 Å². The first-order valence-electron chi connectivity index (χ1n) is 7.47. The molecular formula is C18H18N2O4. The molecule has 0 aromatic heterocycles. The lowest BCUT2D eigenvalue weighted by molar-refractivity contribution is -0.384. The number of amides is 1. The predicted molar refractivity (Wildman–Crippen MR) is 91.3 cm³/mol. The minimum Gasteiger partial charge on any atom is -0.391 e. The van der Waals surface area contributed by atoms with Gasteiger partial charge in [-0.15, -0.1) is 0 Å². The second-order valence-corrected chi connectivity index (χ2v) is 5.27. The second kappa shape index (κ2) is 8.59. The number of rotatable bonds is 7. The molecule has 0 fully saturated rings. The average molecular weight is 326 g/mol. The van der Waals surface area contributed by atoms with Crippen molar-refractivity contribution in [3.63, 3.8) is 0 Å². The van der Waals surface area contributed by atoms with Crippen molar-refractivity contribution in [3.8, 4) is 0 Å². The maximum Gasteiger partial charge on any atom is 0.270 e. The highest BCUT2D eigenvalue weighted by Gasteiger charge is 2.07. The summed E-state index contributed by atoms with van der Waals surface area (Å²) in [6.45, 7) is 0.132. The van der Waals surface area contributed by atoms with E-state index in [1.54, 1.807) is 12.1 Å². The molecule has 0 aliphatic carbocycles. The third kappa shape index (κ3) is 5.66.